The van der Waals surface area contributed by atoms with E-state index in [2.05, 4.69) is 55.4 Å². The van der Waals surface area contributed by atoms with Crippen molar-refractivity contribution < 1.29 is 80.2 Å². The van der Waals surface area contributed by atoms with E-state index in [0.29, 0.717) is 31.6 Å². The number of ether oxygens (including phenoxy) is 4. The van der Waals surface area contributed by atoms with Crippen LogP contribution in [0.5, 0.6) is 0 Å². The van der Waals surface area contributed by atoms with Gasteiger partial charge in [-0.15, -0.1) is 0 Å². The second-order valence-electron chi connectivity index (χ2n) is 30.8. The minimum Gasteiger partial charge on any atom is -0.462 e. The average molecular weight is 1470 g/mol. The van der Waals surface area contributed by atoms with Gasteiger partial charge in [0.1, 0.15) is 19.3 Å². The molecule has 0 bridgehead atoms. The lowest BCUT2D eigenvalue weighted by atomic mass is 9.99. The summed E-state index contributed by atoms with van der Waals surface area (Å²) >= 11 is 0. The van der Waals surface area contributed by atoms with Crippen LogP contribution in [0, 0.1) is 23.7 Å². The standard InChI is InChI=1S/C81H158O17P2/c1-9-74(8)60-52-44-35-31-32-38-48-56-64-81(86)98-77(68-92-79(84)62-54-46-40-39-43-51-59-73(6)7)70-96-100(89,90)94-66-75(82)65-93-99(87,88)95-69-76(67-91-78(83)61-53-45-36-29-25-21-18-14-16-20-24-28-34-42-50-58-72(4)5)97-80(85)63-55-47-37-30-26-22-17-13-11-10-12-15-19-23-27-33-41-49-57-71(2)3/h71-77,82H,9-70H2,1-8H3,(H,87,88)(H,89,90)/t74?,75-,76-,77-/m1/s1. The SMILES string of the molecule is CCC(C)CCCCCCCCCCC(=O)O[C@H](COC(=O)CCCCCCCCC(C)C)COP(=O)(O)OC[C@H](O)COP(=O)(O)OC[C@@H](COC(=O)CCCCCCCCCCCCCCCCCC(C)C)OC(=O)CCCCCCCCCCCCCCCCCCCCC(C)C. The highest BCUT2D eigenvalue weighted by Crippen LogP contribution is 2.45. The maximum Gasteiger partial charge on any atom is 0.472 e. The molecule has 0 radical (unpaired) electrons. The smallest absolute Gasteiger partial charge is 0.462 e. The summed E-state index contributed by atoms with van der Waals surface area (Å²) in [6.07, 6.45) is 57.1. The van der Waals surface area contributed by atoms with E-state index in [1.807, 2.05) is 0 Å². The van der Waals surface area contributed by atoms with Crippen LogP contribution >= 0.6 is 15.6 Å². The molecule has 0 aliphatic heterocycles. The zero-order valence-electron chi connectivity index (χ0n) is 65.8. The van der Waals surface area contributed by atoms with Gasteiger partial charge >= 0.3 is 39.5 Å². The van der Waals surface area contributed by atoms with E-state index >= 15 is 0 Å². The number of aliphatic hydroxyl groups is 1. The zero-order valence-corrected chi connectivity index (χ0v) is 67.6. The predicted octanol–water partition coefficient (Wildman–Crippen LogP) is 24.0. The first kappa shape index (κ1) is 98.1. The fourth-order valence-corrected chi connectivity index (χ4v) is 14.0. The fraction of sp³-hybridized carbons (Fsp3) is 0.951. The van der Waals surface area contributed by atoms with Gasteiger partial charge in [-0.1, -0.05) is 364 Å². The molecular weight excluding hydrogens is 1310 g/mol. The van der Waals surface area contributed by atoms with Gasteiger partial charge in [0, 0.05) is 25.7 Å². The van der Waals surface area contributed by atoms with Gasteiger partial charge in [0.25, 0.3) is 0 Å². The predicted molar refractivity (Wildman–Crippen MR) is 409 cm³/mol. The average Bonchev–Trinajstić information content (AvgIpc) is 1.33. The molecule has 6 atom stereocenters. The number of carbonyl (C=O) groups excluding carboxylic acids is 4. The van der Waals surface area contributed by atoms with Crippen molar-refractivity contribution in [3.8, 4) is 0 Å². The number of phosphoric acid groups is 2. The quantitative estimate of drug-likeness (QED) is 0.0222. The van der Waals surface area contributed by atoms with Gasteiger partial charge in [0.2, 0.25) is 0 Å². The van der Waals surface area contributed by atoms with Crippen molar-refractivity contribution >= 4 is 39.5 Å². The summed E-state index contributed by atoms with van der Waals surface area (Å²) in [5.41, 5.74) is 0. The topological polar surface area (TPSA) is 237 Å². The second-order valence-corrected chi connectivity index (χ2v) is 33.7. The third-order valence-electron chi connectivity index (χ3n) is 19.2. The Kier molecular flexibility index (Phi) is 68.7. The molecule has 17 nitrogen and oxygen atoms in total. The number of hydrogen-bond donors (Lipinski definition) is 3. The number of carbonyl (C=O) groups is 4. The molecule has 0 aliphatic carbocycles. The molecular formula is C81H158O17P2. The Morgan fingerprint density at radius 1 is 0.280 bits per heavy atom. The number of hydrogen-bond acceptors (Lipinski definition) is 15. The maximum atomic E-state index is 13.1. The Hall–Kier alpha value is -1.94. The number of unbranched alkanes of at least 4 members (excludes halogenated alkanes) is 43. The van der Waals surface area contributed by atoms with Crippen LogP contribution in [0.3, 0.4) is 0 Å². The Morgan fingerprint density at radius 3 is 0.710 bits per heavy atom. The first-order valence-corrected chi connectivity index (χ1v) is 44.7. The van der Waals surface area contributed by atoms with Crippen molar-refractivity contribution in [2.75, 3.05) is 39.6 Å². The Labute approximate surface area is 613 Å². The highest BCUT2D eigenvalue weighted by Gasteiger charge is 2.30. The van der Waals surface area contributed by atoms with Gasteiger partial charge in [-0.05, 0) is 49.4 Å². The maximum absolute atomic E-state index is 13.1. The van der Waals surface area contributed by atoms with Crippen LogP contribution in [0.25, 0.3) is 0 Å². The molecule has 19 heteroatoms. The number of rotatable bonds is 78. The molecule has 0 spiro atoms. The molecule has 0 aromatic carbocycles. The Morgan fingerprint density at radius 2 is 0.480 bits per heavy atom. The third kappa shape index (κ3) is 73.0. The largest absolute Gasteiger partial charge is 0.472 e. The van der Waals surface area contributed by atoms with E-state index in [9.17, 15) is 43.2 Å². The van der Waals surface area contributed by atoms with E-state index in [1.165, 1.54) is 212 Å². The minimum absolute atomic E-state index is 0.104. The van der Waals surface area contributed by atoms with Crippen molar-refractivity contribution in [2.24, 2.45) is 23.7 Å². The van der Waals surface area contributed by atoms with Crippen LogP contribution < -0.4 is 0 Å². The molecule has 3 unspecified atom stereocenters. The molecule has 0 aliphatic rings. The number of aliphatic hydroxyl groups excluding tert-OH is 1. The van der Waals surface area contributed by atoms with E-state index in [-0.39, 0.29) is 25.7 Å². The molecule has 0 saturated carbocycles. The van der Waals surface area contributed by atoms with Crippen molar-refractivity contribution in [2.45, 2.75) is 433 Å². The van der Waals surface area contributed by atoms with Crippen molar-refractivity contribution in [3.05, 3.63) is 0 Å². The van der Waals surface area contributed by atoms with Gasteiger partial charge in [0.05, 0.1) is 26.4 Å². The van der Waals surface area contributed by atoms with Crippen LogP contribution in [0.4, 0.5) is 0 Å². The summed E-state index contributed by atoms with van der Waals surface area (Å²) in [5.74, 6) is 0.957. The molecule has 3 N–H and O–H groups in total. The summed E-state index contributed by atoms with van der Waals surface area (Å²) in [5, 5.41) is 10.6. The van der Waals surface area contributed by atoms with E-state index in [1.54, 1.807) is 0 Å². The molecule has 0 rings (SSSR count). The molecule has 0 heterocycles. The van der Waals surface area contributed by atoms with Crippen LogP contribution in [-0.2, 0) is 65.4 Å². The van der Waals surface area contributed by atoms with Gasteiger partial charge in [-0.25, -0.2) is 9.13 Å². The summed E-state index contributed by atoms with van der Waals surface area (Å²) < 4.78 is 68.6. The normalized spacial score (nSPS) is 14.3. The Bertz CT molecular complexity index is 1960. The third-order valence-corrected chi connectivity index (χ3v) is 21.1. The van der Waals surface area contributed by atoms with E-state index in [0.717, 1.165) is 114 Å². The first-order valence-electron chi connectivity index (χ1n) is 41.7. The second kappa shape index (κ2) is 70.1. The van der Waals surface area contributed by atoms with Gasteiger partial charge in [-0.2, -0.15) is 0 Å². The lowest BCUT2D eigenvalue weighted by Gasteiger charge is -2.21. The summed E-state index contributed by atoms with van der Waals surface area (Å²) in [6.45, 7) is 14.2. The lowest BCUT2D eigenvalue weighted by Crippen LogP contribution is -2.30. The van der Waals surface area contributed by atoms with Crippen molar-refractivity contribution in [3.63, 3.8) is 0 Å². The van der Waals surface area contributed by atoms with E-state index < -0.39 is 97.5 Å². The molecule has 0 aromatic rings. The summed E-state index contributed by atoms with van der Waals surface area (Å²) in [4.78, 5) is 72.9. The molecule has 594 valence electrons. The zero-order chi connectivity index (χ0) is 73.8. The monoisotopic (exact) mass is 1470 g/mol. The van der Waals surface area contributed by atoms with Gasteiger partial charge < -0.3 is 33.8 Å². The van der Waals surface area contributed by atoms with Crippen LogP contribution in [0.2, 0.25) is 0 Å². The lowest BCUT2D eigenvalue weighted by molar-refractivity contribution is -0.161. The van der Waals surface area contributed by atoms with E-state index in [4.69, 9.17) is 37.0 Å². The fourth-order valence-electron chi connectivity index (χ4n) is 12.4. The molecule has 0 fully saturated rings. The minimum atomic E-state index is -4.96. The summed E-state index contributed by atoms with van der Waals surface area (Å²) in [6, 6.07) is 0. The Balaban J connectivity index is 5.21. The summed E-state index contributed by atoms with van der Waals surface area (Å²) in [7, 11) is -9.92. The highest BCUT2D eigenvalue weighted by molar-refractivity contribution is 7.47. The van der Waals surface area contributed by atoms with Crippen molar-refractivity contribution in [1.29, 1.82) is 0 Å². The van der Waals surface area contributed by atoms with Crippen LogP contribution in [0.15, 0.2) is 0 Å². The number of esters is 4. The highest BCUT2D eigenvalue weighted by atomic mass is 31.2. The van der Waals surface area contributed by atoms with Crippen LogP contribution in [-0.4, -0.2) is 96.7 Å². The molecule has 0 amide bonds. The van der Waals surface area contributed by atoms with Gasteiger partial charge in [0.15, 0.2) is 12.2 Å². The number of phosphoric ester groups is 2. The van der Waals surface area contributed by atoms with Crippen molar-refractivity contribution in [1.82, 2.24) is 0 Å². The first-order chi connectivity index (χ1) is 48.1. The molecule has 0 saturated heterocycles. The molecule has 0 aromatic heterocycles. The van der Waals surface area contributed by atoms with Gasteiger partial charge in [-0.3, -0.25) is 37.3 Å². The van der Waals surface area contributed by atoms with Crippen LogP contribution in [0.1, 0.15) is 415 Å². The molecule has 100 heavy (non-hydrogen) atoms.